The highest BCUT2D eigenvalue weighted by molar-refractivity contribution is 9.10. The Hall–Kier alpha value is -2.64. The number of anilines is 1. The number of amides is 1. The van der Waals surface area contributed by atoms with Gasteiger partial charge in [0.2, 0.25) is 0 Å². The minimum absolute atomic E-state index is 0.271. The number of carbonyl (C=O) groups is 1. The Kier molecular flexibility index (Phi) is 5.19. The summed E-state index contributed by atoms with van der Waals surface area (Å²) in [6.45, 7) is 2.54. The van der Waals surface area contributed by atoms with Gasteiger partial charge in [-0.2, -0.15) is 0 Å². The Morgan fingerprint density at radius 3 is 2.82 bits per heavy atom. The highest BCUT2D eigenvalue weighted by Gasteiger charge is 2.19. The van der Waals surface area contributed by atoms with E-state index in [1.54, 1.807) is 7.11 Å². The molecule has 0 saturated heterocycles. The van der Waals surface area contributed by atoms with Crippen molar-refractivity contribution in [1.82, 2.24) is 4.98 Å². The molecule has 142 valence electrons. The van der Waals surface area contributed by atoms with E-state index >= 15 is 0 Å². The van der Waals surface area contributed by atoms with Gasteiger partial charge in [-0.25, -0.2) is 4.98 Å². The maximum absolute atomic E-state index is 13.0. The standard InChI is InChI=1S/C21H17BrN2O3S/c1-3-27-13-8-9-16-17(11-13)28-21(23-16)24-20(25)15-10-12-6-4-5-7-14(12)18(22)19(15)26-2/h4-11H,3H2,1-2H3,(H,23,24,25). The topological polar surface area (TPSA) is 60.5 Å². The molecule has 1 heterocycles. The summed E-state index contributed by atoms with van der Waals surface area (Å²) < 4.78 is 12.7. The number of thiazole rings is 1. The van der Waals surface area contributed by atoms with Crippen molar-refractivity contribution in [3.05, 3.63) is 58.6 Å². The number of nitrogens with zero attached hydrogens (tertiary/aromatic N) is 1. The summed E-state index contributed by atoms with van der Waals surface area (Å²) in [5, 5.41) is 5.36. The van der Waals surface area contributed by atoms with Crippen LogP contribution in [-0.4, -0.2) is 24.6 Å². The number of rotatable bonds is 5. The molecule has 0 radical (unpaired) electrons. The monoisotopic (exact) mass is 456 g/mol. The summed E-state index contributed by atoms with van der Waals surface area (Å²) in [5.74, 6) is 1.01. The third kappa shape index (κ3) is 3.43. The zero-order valence-electron chi connectivity index (χ0n) is 15.3. The van der Waals surface area contributed by atoms with Crippen LogP contribution in [-0.2, 0) is 0 Å². The van der Waals surface area contributed by atoms with E-state index in [1.165, 1.54) is 11.3 Å². The van der Waals surface area contributed by atoms with Gasteiger partial charge in [-0.15, -0.1) is 0 Å². The second-order valence-corrected chi connectivity index (χ2v) is 7.85. The van der Waals surface area contributed by atoms with Crippen LogP contribution in [0.15, 0.2) is 53.0 Å². The number of nitrogens with one attached hydrogen (secondary N) is 1. The average molecular weight is 457 g/mol. The molecule has 5 nitrogen and oxygen atoms in total. The fourth-order valence-electron chi connectivity index (χ4n) is 3.03. The van der Waals surface area contributed by atoms with Crippen LogP contribution < -0.4 is 14.8 Å². The first kappa shape index (κ1) is 18.7. The third-order valence-corrected chi connectivity index (χ3v) is 6.00. The number of hydrogen-bond donors (Lipinski definition) is 1. The molecule has 4 rings (SSSR count). The highest BCUT2D eigenvalue weighted by Crippen LogP contribution is 2.37. The molecule has 0 aliphatic rings. The van der Waals surface area contributed by atoms with E-state index in [0.717, 1.165) is 31.2 Å². The number of halogens is 1. The lowest BCUT2D eigenvalue weighted by molar-refractivity contribution is 0.102. The number of methoxy groups -OCH3 is 1. The molecule has 0 aliphatic heterocycles. The fraction of sp³-hybridized carbons (Fsp3) is 0.143. The molecule has 0 bridgehead atoms. The Bertz CT molecular complexity index is 1190. The van der Waals surface area contributed by atoms with Crippen molar-refractivity contribution in [2.45, 2.75) is 6.92 Å². The van der Waals surface area contributed by atoms with Crippen LogP contribution in [0.5, 0.6) is 11.5 Å². The molecule has 0 spiro atoms. The second-order valence-electron chi connectivity index (χ2n) is 6.03. The number of aromatic nitrogens is 1. The summed E-state index contributed by atoms with van der Waals surface area (Å²) >= 11 is 4.97. The van der Waals surface area contributed by atoms with Crippen LogP contribution in [0, 0.1) is 0 Å². The Morgan fingerprint density at radius 1 is 1.21 bits per heavy atom. The van der Waals surface area contributed by atoms with Crippen LogP contribution in [0.1, 0.15) is 17.3 Å². The highest BCUT2D eigenvalue weighted by atomic mass is 79.9. The molecule has 0 aliphatic carbocycles. The number of hydrogen-bond acceptors (Lipinski definition) is 5. The molecule has 3 aromatic carbocycles. The van der Waals surface area contributed by atoms with Gasteiger partial charge in [0.1, 0.15) is 11.5 Å². The van der Waals surface area contributed by atoms with Gasteiger partial charge in [0.15, 0.2) is 5.13 Å². The molecular formula is C21H17BrN2O3S. The maximum Gasteiger partial charge on any atom is 0.261 e. The van der Waals surface area contributed by atoms with Crippen molar-refractivity contribution in [3.63, 3.8) is 0 Å². The predicted octanol–water partition coefficient (Wildman–Crippen LogP) is 5.87. The zero-order valence-corrected chi connectivity index (χ0v) is 17.7. The lowest BCUT2D eigenvalue weighted by Crippen LogP contribution is -2.13. The SMILES string of the molecule is CCOc1ccc2nc(NC(=O)c3cc4ccccc4c(Br)c3OC)sc2c1. The van der Waals surface area contributed by atoms with E-state index in [1.807, 2.05) is 55.5 Å². The minimum Gasteiger partial charge on any atom is -0.495 e. The largest absolute Gasteiger partial charge is 0.495 e. The van der Waals surface area contributed by atoms with Crippen molar-refractivity contribution >= 4 is 59.3 Å². The third-order valence-electron chi connectivity index (χ3n) is 4.28. The fourth-order valence-corrected chi connectivity index (χ4v) is 4.66. The second kappa shape index (κ2) is 7.77. The number of carbonyl (C=O) groups excluding carboxylic acids is 1. The van der Waals surface area contributed by atoms with E-state index in [0.29, 0.717) is 23.1 Å². The minimum atomic E-state index is -0.271. The summed E-state index contributed by atoms with van der Waals surface area (Å²) in [6.07, 6.45) is 0. The molecule has 0 saturated carbocycles. The van der Waals surface area contributed by atoms with E-state index in [-0.39, 0.29) is 5.91 Å². The van der Waals surface area contributed by atoms with Crippen molar-refractivity contribution in [3.8, 4) is 11.5 Å². The summed E-state index contributed by atoms with van der Waals surface area (Å²) in [5.41, 5.74) is 1.26. The Labute approximate surface area is 174 Å². The first-order valence-corrected chi connectivity index (χ1v) is 10.3. The molecule has 0 unspecified atom stereocenters. The van der Waals surface area contributed by atoms with Crippen LogP contribution in [0.25, 0.3) is 21.0 Å². The molecule has 0 fully saturated rings. The van der Waals surface area contributed by atoms with Crippen molar-refractivity contribution in [1.29, 1.82) is 0 Å². The van der Waals surface area contributed by atoms with Crippen LogP contribution in [0.4, 0.5) is 5.13 Å². The van der Waals surface area contributed by atoms with Gasteiger partial charge >= 0.3 is 0 Å². The predicted molar refractivity (Wildman–Crippen MR) is 117 cm³/mol. The zero-order chi connectivity index (χ0) is 19.7. The van der Waals surface area contributed by atoms with Crippen LogP contribution in [0.2, 0.25) is 0 Å². The summed E-state index contributed by atoms with van der Waals surface area (Å²) in [4.78, 5) is 17.5. The molecule has 1 N–H and O–H groups in total. The van der Waals surface area contributed by atoms with Gasteiger partial charge in [-0.3, -0.25) is 10.1 Å². The Morgan fingerprint density at radius 2 is 2.04 bits per heavy atom. The normalized spacial score (nSPS) is 11.0. The molecule has 4 aromatic rings. The molecule has 0 atom stereocenters. The van der Waals surface area contributed by atoms with E-state index in [9.17, 15) is 4.79 Å². The molecule has 7 heteroatoms. The van der Waals surface area contributed by atoms with Gasteiger partial charge in [0, 0.05) is 0 Å². The molecule has 28 heavy (non-hydrogen) atoms. The van der Waals surface area contributed by atoms with Crippen molar-refractivity contribution in [2.24, 2.45) is 0 Å². The first-order valence-electron chi connectivity index (χ1n) is 8.70. The molecular weight excluding hydrogens is 440 g/mol. The number of ether oxygens (including phenoxy) is 2. The van der Waals surface area contributed by atoms with Gasteiger partial charge in [0.05, 0.1) is 34.0 Å². The van der Waals surface area contributed by atoms with Crippen LogP contribution >= 0.6 is 27.3 Å². The summed E-state index contributed by atoms with van der Waals surface area (Å²) in [6, 6.07) is 15.3. The Balaban J connectivity index is 1.69. The van der Waals surface area contributed by atoms with E-state index in [4.69, 9.17) is 9.47 Å². The van der Waals surface area contributed by atoms with Crippen molar-refractivity contribution in [2.75, 3.05) is 19.0 Å². The molecule has 1 aromatic heterocycles. The summed E-state index contributed by atoms with van der Waals surface area (Å²) in [7, 11) is 1.55. The maximum atomic E-state index is 13.0. The van der Waals surface area contributed by atoms with E-state index < -0.39 is 0 Å². The smallest absolute Gasteiger partial charge is 0.261 e. The van der Waals surface area contributed by atoms with Gasteiger partial charge < -0.3 is 9.47 Å². The number of benzene rings is 3. The van der Waals surface area contributed by atoms with Crippen LogP contribution in [0.3, 0.4) is 0 Å². The first-order chi connectivity index (χ1) is 13.6. The van der Waals surface area contributed by atoms with Gasteiger partial charge in [-0.05, 0) is 57.9 Å². The van der Waals surface area contributed by atoms with E-state index in [2.05, 4.69) is 26.2 Å². The lowest BCUT2D eigenvalue weighted by atomic mass is 10.1. The van der Waals surface area contributed by atoms with Gasteiger partial charge in [0.25, 0.3) is 5.91 Å². The molecule has 1 amide bonds. The lowest BCUT2D eigenvalue weighted by Gasteiger charge is -2.12. The number of fused-ring (bicyclic) bond motifs is 2. The van der Waals surface area contributed by atoms with Crippen molar-refractivity contribution < 1.29 is 14.3 Å². The van der Waals surface area contributed by atoms with Gasteiger partial charge in [-0.1, -0.05) is 35.6 Å². The quantitative estimate of drug-likeness (QED) is 0.407. The average Bonchev–Trinajstić information content (AvgIpc) is 3.09.